The molecule has 1 amide bonds. The molecule has 0 saturated heterocycles. The Hall–Kier alpha value is -2.26. The summed E-state index contributed by atoms with van der Waals surface area (Å²) in [5.74, 6) is 0.393. The SMILES string of the molecule is CCCNC(=O)c1cccc(S(=O)(=O)NC(C)c2nc(CC)no2)c1. The van der Waals surface area contributed by atoms with Gasteiger partial charge in [0.1, 0.15) is 0 Å². The highest BCUT2D eigenvalue weighted by Gasteiger charge is 2.23. The number of carbonyl (C=O) groups is 1. The monoisotopic (exact) mass is 366 g/mol. The topological polar surface area (TPSA) is 114 Å². The highest BCUT2D eigenvalue weighted by molar-refractivity contribution is 7.89. The Balaban J connectivity index is 2.17. The first-order chi connectivity index (χ1) is 11.9. The van der Waals surface area contributed by atoms with E-state index in [4.69, 9.17) is 4.52 Å². The molecular weight excluding hydrogens is 344 g/mol. The van der Waals surface area contributed by atoms with Crippen LogP contribution in [0.1, 0.15) is 55.3 Å². The molecule has 8 nitrogen and oxygen atoms in total. The molecular formula is C16H22N4O4S. The average molecular weight is 366 g/mol. The van der Waals surface area contributed by atoms with Gasteiger partial charge >= 0.3 is 0 Å². The predicted octanol–water partition coefficient (Wildman–Crippen LogP) is 1.81. The molecule has 0 bridgehead atoms. The molecule has 1 atom stereocenters. The Labute approximate surface area is 147 Å². The molecule has 1 heterocycles. The lowest BCUT2D eigenvalue weighted by Crippen LogP contribution is -2.28. The van der Waals surface area contributed by atoms with Gasteiger partial charge in [0, 0.05) is 18.5 Å². The minimum atomic E-state index is -3.84. The summed E-state index contributed by atoms with van der Waals surface area (Å²) >= 11 is 0. The molecule has 0 aliphatic carbocycles. The van der Waals surface area contributed by atoms with E-state index in [2.05, 4.69) is 20.2 Å². The zero-order chi connectivity index (χ0) is 18.4. The van der Waals surface area contributed by atoms with Crippen LogP contribution in [-0.4, -0.2) is 31.0 Å². The fourth-order valence-electron chi connectivity index (χ4n) is 2.08. The summed E-state index contributed by atoms with van der Waals surface area (Å²) in [6, 6.07) is 5.18. The second-order valence-corrected chi connectivity index (χ2v) is 7.24. The number of aromatic nitrogens is 2. The number of sulfonamides is 1. The molecule has 2 N–H and O–H groups in total. The summed E-state index contributed by atoms with van der Waals surface area (Å²) in [4.78, 5) is 16.1. The van der Waals surface area contributed by atoms with E-state index in [0.29, 0.717) is 18.8 Å². The van der Waals surface area contributed by atoms with Crippen molar-refractivity contribution in [1.29, 1.82) is 0 Å². The van der Waals surface area contributed by atoms with Gasteiger partial charge in [-0.25, -0.2) is 8.42 Å². The summed E-state index contributed by atoms with van der Waals surface area (Å²) in [6.45, 7) is 5.96. The third-order valence-electron chi connectivity index (χ3n) is 3.44. The Morgan fingerprint density at radius 3 is 2.72 bits per heavy atom. The van der Waals surface area contributed by atoms with Crippen molar-refractivity contribution in [2.75, 3.05) is 6.54 Å². The molecule has 0 aliphatic heterocycles. The van der Waals surface area contributed by atoms with Crippen LogP contribution in [0.5, 0.6) is 0 Å². The van der Waals surface area contributed by atoms with E-state index in [1.807, 2.05) is 13.8 Å². The van der Waals surface area contributed by atoms with Crippen molar-refractivity contribution in [3.8, 4) is 0 Å². The van der Waals surface area contributed by atoms with E-state index in [-0.39, 0.29) is 22.3 Å². The smallest absolute Gasteiger partial charge is 0.251 e. The average Bonchev–Trinajstić information content (AvgIpc) is 3.09. The molecule has 0 radical (unpaired) electrons. The third kappa shape index (κ3) is 4.86. The van der Waals surface area contributed by atoms with Gasteiger partial charge in [0.15, 0.2) is 5.82 Å². The number of hydrogen-bond donors (Lipinski definition) is 2. The van der Waals surface area contributed by atoms with E-state index in [1.165, 1.54) is 18.2 Å². The molecule has 9 heteroatoms. The molecule has 1 aromatic heterocycles. The highest BCUT2D eigenvalue weighted by atomic mass is 32.2. The molecule has 0 saturated carbocycles. The second kappa shape index (κ2) is 8.21. The van der Waals surface area contributed by atoms with Gasteiger partial charge in [0.25, 0.3) is 5.91 Å². The molecule has 2 aromatic rings. The Kier molecular flexibility index (Phi) is 6.27. The lowest BCUT2D eigenvalue weighted by atomic mass is 10.2. The zero-order valence-electron chi connectivity index (χ0n) is 14.4. The van der Waals surface area contributed by atoms with Crippen LogP contribution in [0.4, 0.5) is 0 Å². The van der Waals surface area contributed by atoms with Crippen LogP contribution in [0, 0.1) is 0 Å². The molecule has 1 aromatic carbocycles. The molecule has 0 spiro atoms. The van der Waals surface area contributed by atoms with Gasteiger partial charge in [-0.2, -0.15) is 9.71 Å². The third-order valence-corrected chi connectivity index (χ3v) is 4.98. The van der Waals surface area contributed by atoms with Crippen molar-refractivity contribution in [2.24, 2.45) is 0 Å². The number of nitrogens with zero attached hydrogens (tertiary/aromatic N) is 2. The largest absolute Gasteiger partial charge is 0.352 e. The molecule has 25 heavy (non-hydrogen) atoms. The van der Waals surface area contributed by atoms with E-state index in [9.17, 15) is 13.2 Å². The van der Waals surface area contributed by atoms with Crippen molar-refractivity contribution < 1.29 is 17.7 Å². The number of rotatable bonds is 8. The van der Waals surface area contributed by atoms with Gasteiger partial charge in [-0.05, 0) is 31.5 Å². The minimum absolute atomic E-state index is 0.00118. The van der Waals surface area contributed by atoms with Crippen LogP contribution in [-0.2, 0) is 16.4 Å². The summed E-state index contributed by atoms with van der Waals surface area (Å²) < 4.78 is 32.6. The van der Waals surface area contributed by atoms with Gasteiger partial charge in [-0.3, -0.25) is 4.79 Å². The number of amides is 1. The lowest BCUT2D eigenvalue weighted by Gasteiger charge is -2.11. The van der Waals surface area contributed by atoms with Gasteiger partial charge < -0.3 is 9.84 Å². The van der Waals surface area contributed by atoms with Crippen LogP contribution in [0.25, 0.3) is 0 Å². The standard InChI is InChI=1S/C16H22N4O4S/c1-4-9-17-15(21)12-7-6-8-13(10-12)25(22,23)20-11(3)16-18-14(5-2)19-24-16/h6-8,10-11,20H,4-5,9H2,1-3H3,(H,17,21). The van der Waals surface area contributed by atoms with Crippen molar-refractivity contribution in [1.82, 2.24) is 20.2 Å². The van der Waals surface area contributed by atoms with Crippen LogP contribution >= 0.6 is 0 Å². The van der Waals surface area contributed by atoms with Gasteiger partial charge in [-0.1, -0.05) is 25.1 Å². The van der Waals surface area contributed by atoms with E-state index in [1.54, 1.807) is 13.0 Å². The van der Waals surface area contributed by atoms with E-state index < -0.39 is 16.1 Å². The van der Waals surface area contributed by atoms with Crippen LogP contribution < -0.4 is 10.0 Å². The van der Waals surface area contributed by atoms with Crippen molar-refractivity contribution in [2.45, 2.75) is 44.6 Å². The first-order valence-corrected chi connectivity index (χ1v) is 9.58. The summed E-state index contributed by atoms with van der Waals surface area (Å²) in [5.41, 5.74) is 0.287. The maximum atomic E-state index is 12.5. The van der Waals surface area contributed by atoms with Crippen LogP contribution in [0.3, 0.4) is 0 Å². The Morgan fingerprint density at radius 1 is 1.32 bits per heavy atom. The van der Waals surface area contributed by atoms with E-state index in [0.717, 1.165) is 6.42 Å². The predicted molar refractivity (Wildman–Crippen MR) is 91.5 cm³/mol. The first kappa shape index (κ1) is 19.1. The first-order valence-electron chi connectivity index (χ1n) is 8.10. The number of aryl methyl sites for hydroxylation is 1. The summed E-state index contributed by atoms with van der Waals surface area (Å²) in [6.07, 6.45) is 1.39. The number of nitrogens with one attached hydrogen (secondary N) is 2. The number of carbonyl (C=O) groups excluding carboxylic acids is 1. The summed E-state index contributed by atoms with van der Waals surface area (Å²) in [7, 11) is -3.84. The molecule has 0 aliphatic rings. The fraction of sp³-hybridized carbons (Fsp3) is 0.438. The van der Waals surface area contributed by atoms with Crippen molar-refractivity contribution in [3.05, 3.63) is 41.5 Å². The Morgan fingerprint density at radius 2 is 2.08 bits per heavy atom. The van der Waals surface area contributed by atoms with Gasteiger partial charge in [0.05, 0.1) is 10.9 Å². The van der Waals surface area contributed by atoms with Crippen LogP contribution in [0.15, 0.2) is 33.7 Å². The minimum Gasteiger partial charge on any atom is -0.352 e. The lowest BCUT2D eigenvalue weighted by molar-refractivity contribution is 0.0953. The normalized spacial score (nSPS) is 12.8. The molecule has 136 valence electrons. The molecule has 1 unspecified atom stereocenters. The number of benzene rings is 1. The van der Waals surface area contributed by atoms with Crippen LogP contribution in [0.2, 0.25) is 0 Å². The van der Waals surface area contributed by atoms with Crippen molar-refractivity contribution >= 4 is 15.9 Å². The quantitative estimate of drug-likeness (QED) is 0.736. The molecule has 2 rings (SSSR count). The highest BCUT2D eigenvalue weighted by Crippen LogP contribution is 2.17. The molecule has 0 fully saturated rings. The van der Waals surface area contributed by atoms with Crippen molar-refractivity contribution in [3.63, 3.8) is 0 Å². The Bertz CT molecular complexity index is 832. The maximum absolute atomic E-state index is 12.5. The summed E-state index contributed by atoms with van der Waals surface area (Å²) in [5, 5.41) is 6.47. The second-order valence-electron chi connectivity index (χ2n) is 5.53. The maximum Gasteiger partial charge on any atom is 0.251 e. The zero-order valence-corrected chi connectivity index (χ0v) is 15.3. The van der Waals surface area contributed by atoms with Gasteiger partial charge in [0.2, 0.25) is 15.9 Å². The fourth-order valence-corrected chi connectivity index (χ4v) is 3.33. The van der Waals surface area contributed by atoms with E-state index >= 15 is 0 Å². The van der Waals surface area contributed by atoms with Gasteiger partial charge in [-0.15, -0.1) is 0 Å². The number of hydrogen-bond acceptors (Lipinski definition) is 6.